The van der Waals surface area contributed by atoms with Gasteiger partial charge >= 0.3 is 156 Å². The Bertz CT molecular complexity index is 620. The zero-order valence-electron chi connectivity index (χ0n) is 17.7. The van der Waals surface area contributed by atoms with E-state index >= 15 is 0 Å². The van der Waals surface area contributed by atoms with Crippen molar-refractivity contribution in [1.29, 1.82) is 0 Å². The van der Waals surface area contributed by atoms with Gasteiger partial charge in [-0.2, -0.15) is 0 Å². The second-order valence-corrected chi connectivity index (χ2v) is 11.1. The third-order valence-corrected chi connectivity index (χ3v) is 13.2. The van der Waals surface area contributed by atoms with Crippen LogP contribution in [0.3, 0.4) is 0 Å². The van der Waals surface area contributed by atoms with E-state index in [2.05, 4.69) is 69.2 Å². The molecule has 0 spiro atoms. The van der Waals surface area contributed by atoms with E-state index < -0.39 is 23.2 Å². The van der Waals surface area contributed by atoms with E-state index in [0.29, 0.717) is 10.8 Å². The van der Waals surface area contributed by atoms with Gasteiger partial charge in [0, 0.05) is 0 Å². The van der Waals surface area contributed by atoms with E-state index in [9.17, 15) is 0 Å². The van der Waals surface area contributed by atoms with Gasteiger partial charge in [0.05, 0.1) is 0 Å². The first kappa shape index (κ1) is 25.4. The van der Waals surface area contributed by atoms with Gasteiger partial charge in [0.1, 0.15) is 0 Å². The van der Waals surface area contributed by atoms with Crippen molar-refractivity contribution >= 4 is 24.8 Å². The largest absolute Gasteiger partial charge is 0.147 e. The molecule has 25 heavy (non-hydrogen) atoms. The van der Waals surface area contributed by atoms with Crippen LogP contribution >= 0.6 is 24.8 Å². The molecule has 2 rings (SSSR count). The third-order valence-electron chi connectivity index (χ3n) is 7.42. The summed E-state index contributed by atoms with van der Waals surface area (Å²) in [5, 5.41) is 0. The van der Waals surface area contributed by atoms with Crippen molar-refractivity contribution in [1.82, 2.24) is 0 Å². The molecule has 2 aliphatic rings. The second-order valence-electron chi connectivity index (χ2n) is 8.00. The molecule has 0 aromatic heterocycles. The molecule has 0 bridgehead atoms. The van der Waals surface area contributed by atoms with Crippen LogP contribution in [0.2, 0.25) is 0 Å². The molecule has 0 nitrogen and oxygen atoms in total. The van der Waals surface area contributed by atoms with Crippen LogP contribution in [0.5, 0.6) is 0 Å². The second kappa shape index (κ2) is 8.62. The van der Waals surface area contributed by atoms with E-state index in [-0.39, 0.29) is 24.8 Å². The summed E-state index contributed by atoms with van der Waals surface area (Å²) >= 11 is -0.762. The maximum Gasteiger partial charge on any atom is -0.147 e. The Morgan fingerprint density at radius 1 is 0.600 bits per heavy atom. The molecule has 0 aliphatic heterocycles. The summed E-state index contributed by atoms with van der Waals surface area (Å²) in [5.74, 6) is 0. The van der Waals surface area contributed by atoms with Gasteiger partial charge in [-0.1, -0.05) is 0 Å². The Hall–Kier alpha value is 0.423. The van der Waals surface area contributed by atoms with Crippen LogP contribution in [0.15, 0.2) is 40.0 Å². The van der Waals surface area contributed by atoms with Crippen molar-refractivity contribution in [3.63, 3.8) is 0 Å². The number of allylic oxidation sites excluding steroid dienone is 8. The van der Waals surface area contributed by atoms with Gasteiger partial charge in [-0.3, -0.25) is 0 Å². The summed E-state index contributed by atoms with van der Waals surface area (Å²) in [7, 11) is 0. The fraction of sp³-hybridized carbons (Fsp3) is 0.636. The molecular formula is C22H36Cl2Zr. The van der Waals surface area contributed by atoms with Crippen LogP contribution in [0, 0.1) is 10.8 Å². The molecule has 0 aromatic rings. The van der Waals surface area contributed by atoms with Crippen molar-refractivity contribution in [3.8, 4) is 0 Å². The number of hydrogen-bond donors (Lipinski definition) is 0. The molecule has 0 N–H and O–H groups in total. The minimum absolute atomic E-state index is 0. The fourth-order valence-corrected chi connectivity index (χ4v) is 10.0. The van der Waals surface area contributed by atoms with Gasteiger partial charge < -0.3 is 0 Å². The molecule has 0 fully saturated rings. The summed E-state index contributed by atoms with van der Waals surface area (Å²) in [6.07, 6.45) is 2.48. The van der Waals surface area contributed by atoms with Crippen molar-refractivity contribution in [2.24, 2.45) is 10.8 Å². The first-order valence-electron chi connectivity index (χ1n) is 9.12. The zero-order chi connectivity index (χ0) is 17.7. The van der Waals surface area contributed by atoms with Crippen LogP contribution in [0.25, 0.3) is 0 Å². The number of halogens is 2. The van der Waals surface area contributed by atoms with Crippen molar-refractivity contribution in [2.45, 2.75) is 82.1 Å². The topological polar surface area (TPSA) is 0 Å². The van der Waals surface area contributed by atoms with Gasteiger partial charge in [-0.25, -0.2) is 0 Å². The van der Waals surface area contributed by atoms with E-state index in [1.54, 1.807) is 33.4 Å². The predicted octanol–water partition coefficient (Wildman–Crippen LogP) is 7.99. The monoisotopic (exact) mass is 460 g/mol. The summed E-state index contributed by atoms with van der Waals surface area (Å²) in [6.45, 7) is 23.9. The minimum Gasteiger partial charge on any atom is -0.147 e. The van der Waals surface area contributed by atoms with Gasteiger partial charge in [0.25, 0.3) is 0 Å². The summed E-state index contributed by atoms with van der Waals surface area (Å²) in [4.78, 5) is 0. The smallest absolute Gasteiger partial charge is 0.147 e. The number of rotatable bonds is 4. The molecule has 0 amide bonds. The van der Waals surface area contributed by atoms with Crippen LogP contribution in [0.4, 0.5) is 0 Å². The quantitative estimate of drug-likeness (QED) is 0.397. The molecular weight excluding hydrogens is 426 g/mol. The minimum atomic E-state index is -0.762. The molecule has 2 unspecified atom stereocenters. The standard InChI is InChI=1S/2C11H17.2ClH.Zr/c2*1-6-11(5)7-8(2)9(3)10(11)4;;;/h2*6H2,1-5H3;2*1H;. The molecule has 0 saturated heterocycles. The third kappa shape index (κ3) is 3.60. The molecule has 3 heteroatoms. The molecule has 0 radical (unpaired) electrons. The van der Waals surface area contributed by atoms with Gasteiger partial charge in [0.2, 0.25) is 0 Å². The maximum atomic E-state index is 2.50. The van der Waals surface area contributed by atoms with Crippen LogP contribution in [-0.2, 0) is 23.2 Å². The van der Waals surface area contributed by atoms with Crippen LogP contribution in [0.1, 0.15) is 82.1 Å². The Morgan fingerprint density at radius 2 is 0.880 bits per heavy atom. The SMILES string of the molecule is CCC1(C)C(C)=C(C)C(C)=[C]1[Zr][C]1=C(C)C(C)=C(C)C1(C)CC.Cl.Cl. The molecule has 0 aromatic carbocycles. The predicted molar refractivity (Wildman–Crippen MR) is 113 cm³/mol. The van der Waals surface area contributed by atoms with Crippen LogP contribution in [-0.4, -0.2) is 0 Å². The molecule has 2 aliphatic carbocycles. The van der Waals surface area contributed by atoms with E-state index in [4.69, 9.17) is 0 Å². The Labute approximate surface area is 180 Å². The molecule has 0 heterocycles. The maximum absolute atomic E-state index is 2.50. The van der Waals surface area contributed by atoms with E-state index in [1.807, 2.05) is 6.56 Å². The Kier molecular flexibility index (Phi) is 8.77. The van der Waals surface area contributed by atoms with Gasteiger partial charge in [-0.05, 0) is 0 Å². The Balaban J connectivity index is 0.00000288. The summed E-state index contributed by atoms with van der Waals surface area (Å²) in [6, 6.07) is 0. The first-order chi connectivity index (χ1) is 10.6. The average molecular weight is 463 g/mol. The first-order valence-corrected chi connectivity index (χ1v) is 11.6. The van der Waals surface area contributed by atoms with Crippen LogP contribution < -0.4 is 0 Å². The van der Waals surface area contributed by atoms with Gasteiger partial charge in [0.15, 0.2) is 0 Å². The van der Waals surface area contributed by atoms with Gasteiger partial charge in [-0.15, -0.1) is 24.8 Å². The van der Waals surface area contributed by atoms with Crippen molar-refractivity contribution in [3.05, 3.63) is 40.0 Å². The zero-order valence-corrected chi connectivity index (χ0v) is 21.8. The van der Waals surface area contributed by atoms with E-state index in [0.717, 1.165) is 0 Å². The summed E-state index contributed by atoms with van der Waals surface area (Å²) in [5.41, 5.74) is 10.3. The summed E-state index contributed by atoms with van der Waals surface area (Å²) < 4.78 is 3.69. The van der Waals surface area contributed by atoms with Crippen molar-refractivity contribution in [2.75, 3.05) is 0 Å². The fourth-order valence-electron chi connectivity index (χ4n) is 4.44. The average Bonchev–Trinajstić information content (AvgIpc) is 2.81. The van der Waals surface area contributed by atoms with E-state index in [1.165, 1.54) is 12.8 Å². The normalized spacial score (nSPS) is 29.4. The van der Waals surface area contributed by atoms with Crippen molar-refractivity contribution < 1.29 is 23.2 Å². The molecule has 2 atom stereocenters. The molecule has 0 saturated carbocycles. The number of hydrogen-bond acceptors (Lipinski definition) is 0. The molecule has 142 valence electrons. The Morgan fingerprint density at radius 3 is 1.12 bits per heavy atom.